The van der Waals surface area contributed by atoms with Gasteiger partial charge >= 0.3 is 0 Å². The molecule has 1 aromatic rings. The Morgan fingerprint density at radius 2 is 1.70 bits per heavy atom. The van der Waals surface area contributed by atoms with Crippen molar-refractivity contribution in [3.05, 3.63) is 24.3 Å². The van der Waals surface area contributed by atoms with E-state index in [9.17, 15) is 8.42 Å². The number of nitrogens with zero attached hydrogens (tertiary/aromatic N) is 2. The van der Waals surface area contributed by atoms with E-state index in [1.807, 2.05) is 0 Å². The Morgan fingerprint density at radius 1 is 1.09 bits per heavy atom. The highest BCUT2D eigenvalue weighted by molar-refractivity contribution is 7.89. The molecule has 0 atom stereocenters. The average Bonchev–Trinajstić information content (AvgIpc) is 2.59. The van der Waals surface area contributed by atoms with Gasteiger partial charge in [0.15, 0.2) is 0 Å². The normalized spacial score (nSPS) is 17.3. The van der Waals surface area contributed by atoms with Gasteiger partial charge in [-0.3, -0.25) is 0 Å². The molecule has 1 heterocycles. The molecule has 130 valence electrons. The van der Waals surface area contributed by atoms with E-state index in [0.29, 0.717) is 12.3 Å². The average molecular weight is 341 g/mol. The Hall–Kier alpha value is -1.15. The molecule has 0 bridgehead atoms. The molecule has 0 saturated carbocycles. The number of benzene rings is 1. The number of ether oxygens (including phenoxy) is 1. The summed E-state index contributed by atoms with van der Waals surface area (Å²) in [5.74, 6) is 0.648. The van der Waals surface area contributed by atoms with E-state index in [2.05, 4.69) is 21.4 Å². The minimum Gasteiger partial charge on any atom is -0.497 e. The SMILES string of the molecule is CCN1CCN(CCCNS(=O)(=O)c2ccc(OC)cc2)CC1. The van der Waals surface area contributed by atoms with Crippen LogP contribution in [0.1, 0.15) is 13.3 Å². The first-order chi connectivity index (χ1) is 11.0. The van der Waals surface area contributed by atoms with Gasteiger partial charge in [-0.2, -0.15) is 0 Å². The number of nitrogens with one attached hydrogen (secondary N) is 1. The predicted molar refractivity (Wildman–Crippen MR) is 91.4 cm³/mol. The molecule has 7 heteroatoms. The van der Waals surface area contributed by atoms with E-state index < -0.39 is 10.0 Å². The van der Waals surface area contributed by atoms with E-state index in [0.717, 1.165) is 45.7 Å². The maximum absolute atomic E-state index is 12.2. The van der Waals surface area contributed by atoms with Gasteiger partial charge in [0, 0.05) is 32.7 Å². The number of sulfonamides is 1. The van der Waals surface area contributed by atoms with Gasteiger partial charge < -0.3 is 14.5 Å². The fourth-order valence-corrected chi connectivity index (χ4v) is 3.75. The van der Waals surface area contributed by atoms with E-state index in [4.69, 9.17) is 4.74 Å². The van der Waals surface area contributed by atoms with Crippen LogP contribution in [0.3, 0.4) is 0 Å². The molecule has 1 saturated heterocycles. The highest BCUT2D eigenvalue weighted by atomic mass is 32.2. The van der Waals surface area contributed by atoms with Gasteiger partial charge in [0.1, 0.15) is 5.75 Å². The predicted octanol–water partition coefficient (Wildman–Crippen LogP) is 1.00. The molecule has 1 fully saturated rings. The van der Waals surface area contributed by atoms with Crippen molar-refractivity contribution in [2.45, 2.75) is 18.2 Å². The van der Waals surface area contributed by atoms with Crippen molar-refractivity contribution in [1.29, 1.82) is 0 Å². The van der Waals surface area contributed by atoms with E-state index in [1.54, 1.807) is 31.4 Å². The molecule has 1 aromatic carbocycles. The first-order valence-electron chi connectivity index (χ1n) is 8.13. The Kier molecular flexibility index (Phi) is 6.83. The second kappa shape index (κ2) is 8.63. The van der Waals surface area contributed by atoms with Crippen LogP contribution >= 0.6 is 0 Å². The molecule has 0 spiro atoms. The smallest absolute Gasteiger partial charge is 0.240 e. The molecule has 1 aliphatic heterocycles. The third-order valence-electron chi connectivity index (χ3n) is 4.23. The largest absolute Gasteiger partial charge is 0.497 e. The summed E-state index contributed by atoms with van der Waals surface area (Å²) in [6.45, 7) is 9.03. The summed E-state index contributed by atoms with van der Waals surface area (Å²) in [5.41, 5.74) is 0. The zero-order chi connectivity index (χ0) is 16.7. The maximum atomic E-state index is 12.2. The lowest BCUT2D eigenvalue weighted by Crippen LogP contribution is -2.46. The van der Waals surface area contributed by atoms with Crippen molar-refractivity contribution in [1.82, 2.24) is 14.5 Å². The van der Waals surface area contributed by atoms with Gasteiger partial charge in [-0.05, 0) is 43.8 Å². The molecule has 6 nitrogen and oxygen atoms in total. The molecule has 0 amide bonds. The second-order valence-electron chi connectivity index (χ2n) is 5.70. The van der Waals surface area contributed by atoms with Gasteiger partial charge in [0.25, 0.3) is 0 Å². The van der Waals surface area contributed by atoms with Crippen molar-refractivity contribution in [3.8, 4) is 5.75 Å². The lowest BCUT2D eigenvalue weighted by molar-refractivity contribution is 0.136. The van der Waals surface area contributed by atoms with E-state index in [-0.39, 0.29) is 4.90 Å². The van der Waals surface area contributed by atoms with Crippen LogP contribution in [0.5, 0.6) is 5.75 Å². The van der Waals surface area contributed by atoms with Crippen molar-refractivity contribution >= 4 is 10.0 Å². The number of hydrogen-bond acceptors (Lipinski definition) is 5. The van der Waals surface area contributed by atoms with Crippen molar-refractivity contribution in [3.63, 3.8) is 0 Å². The fourth-order valence-electron chi connectivity index (χ4n) is 2.68. The Balaban J connectivity index is 1.72. The molecule has 0 aliphatic carbocycles. The molecule has 2 rings (SSSR count). The standard InChI is InChI=1S/C16H27N3O3S/c1-3-18-11-13-19(14-12-18)10-4-9-17-23(20,21)16-7-5-15(22-2)6-8-16/h5-8,17H,3-4,9-14H2,1-2H3. The van der Waals surface area contributed by atoms with Crippen molar-refractivity contribution < 1.29 is 13.2 Å². The third kappa shape index (κ3) is 5.46. The minimum absolute atomic E-state index is 0.273. The van der Waals surface area contributed by atoms with E-state index in [1.165, 1.54) is 0 Å². The summed E-state index contributed by atoms with van der Waals surface area (Å²) < 4.78 is 32.1. The number of rotatable bonds is 8. The van der Waals surface area contributed by atoms with Gasteiger partial charge in [0.05, 0.1) is 12.0 Å². The van der Waals surface area contributed by atoms with Crippen LogP contribution in [0.25, 0.3) is 0 Å². The number of likely N-dealkylation sites (N-methyl/N-ethyl adjacent to an activating group) is 1. The summed E-state index contributed by atoms with van der Waals surface area (Å²) >= 11 is 0. The van der Waals surface area contributed by atoms with Crippen LogP contribution in [0.2, 0.25) is 0 Å². The zero-order valence-corrected chi connectivity index (χ0v) is 14.8. The maximum Gasteiger partial charge on any atom is 0.240 e. The summed E-state index contributed by atoms with van der Waals surface area (Å²) in [4.78, 5) is 5.10. The van der Waals surface area contributed by atoms with Crippen molar-refractivity contribution in [2.24, 2.45) is 0 Å². The molecular weight excluding hydrogens is 314 g/mol. The third-order valence-corrected chi connectivity index (χ3v) is 5.70. The highest BCUT2D eigenvalue weighted by Gasteiger charge is 2.16. The van der Waals surface area contributed by atoms with Crippen LogP contribution in [0.15, 0.2) is 29.2 Å². The quantitative estimate of drug-likeness (QED) is 0.715. The fraction of sp³-hybridized carbons (Fsp3) is 0.625. The molecule has 1 aliphatic rings. The van der Waals surface area contributed by atoms with Gasteiger partial charge in [-0.1, -0.05) is 6.92 Å². The van der Waals surface area contributed by atoms with Gasteiger partial charge in [-0.15, -0.1) is 0 Å². The summed E-state index contributed by atoms with van der Waals surface area (Å²) in [6, 6.07) is 6.43. The Labute approximate surface area is 139 Å². The molecule has 0 aromatic heterocycles. The molecule has 23 heavy (non-hydrogen) atoms. The van der Waals surface area contributed by atoms with Crippen LogP contribution in [-0.2, 0) is 10.0 Å². The van der Waals surface area contributed by atoms with Crippen LogP contribution in [-0.4, -0.2) is 71.1 Å². The summed E-state index contributed by atoms with van der Waals surface area (Å²) in [6.07, 6.45) is 0.821. The first kappa shape index (κ1) is 18.2. The number of piperazine rings is 1. The highest BCUT2D eigenvalue weighted by Crippen LogP contribution is 2.15. The lowest BCUT2D eigenvalue weighted by Gasteiger charge is -2.33. The summed E-state index contributed by atoms with van der Waals surface area (Å²) in [5, 5.41) is 0. The molecule has 1 N–H and O–H groups in total. The van der Waals surface area contributed by atoms with Gasteiger partial charge in [0.2, 0.25) is 10.0 Å². The zero-order valence-electron chi connectivity index (χ0n) is 14.0. The van der Waals surface area contributed by atoms with E-state index >= 15 is 0 Å². The summed E-state index contributed by atoms with van der Waals surface area (Å²) in [7, 11) is -1.88. The Bertz CT molecular complexity index is 567. The molecule has 0 unspecified atom stereocenters. The monoisotopic (exact) mass is 341 g/mol. The second-order valence-corrected chi connectivity index (χ2v) is 7.47. The van der Waals surface area contributed by atoms with Crippen LogP contribution in [0, 0.1) is 0 Å². The Morgan fingerprint density at radius 3 is 2.26 bits per heavy atom. The number of methoxy groups -OCH3 is 1. The van der Waals surface area contributed by atoms with Gasteiger partial charge in [-0.25, -0.2) is 13.1 Å². The lowest BCUT2D eigenvalue weighted by atomic mass is 10.3. The van der Waals surface area contributed by atoms with Crippen molar-refractivity contribution in [2.75, 3.05) is 52.9 Å². The first-order valence-corrected chi connectivity index (χ1v) is 9.62. The molecule has 0 radical (unpaired) electrons. The van der Waals surface area contributed by atoms with Crippen LogP contribution < -0.4 is 9.46 Å². The topological polar surface area (TPSA) is 61.9 Å². The van der Waals surface area contributed by atoms with Crippen LogP contribution in [0.4, 0.5) is 0 Å². The minimum atomic E-state index is -3.43. The number of hydrogen-bond donors (Lipinski definition) is 1. The molecular formula is C16H27N3O3S.